The topological polar surface area (TPSA) is 120 Å². The number of nitriles is 1. The van der Waals surface area contributed by atoms with Crippen molar-refractivity contribution in [3.63, 3.8) is 0 Å². The molecular formula is C22H20N8O. The second-order valence-electron chi connectivity index (χ2n) is 7.58. The lowest BCUT2D eigenvalue weighted by Gasteiger charge is -2.20. The maximum atomic E-state index is 9.76. The van der Waals surface area contributed by atoms with Gasteiger partial charge >= 0.3 is 0 Å². The van der Waals surface area contributed by atoms with Gasteiger partial charge < -0.3 is 15.0 Å². The molecule has 9 nitrogen and oxygen atoms in total. The van der Waals surface area contributed by atoms with Gasteiger partial charge in [-0.1, -0.05) is 23.8 Å². The maximum absolute atomic E-state index is 9.76. The number of hydrogen-bond acceptors (Lipinski definition) is 7. The van der Waals surface area contributed by atoms with E-state index in [-0.39, 0.29) is 17.8 Å². The van der Waals surface area contributed by atoms with Crippen molar-refractivity contribution in [2.24, 2.45) is 7.05 Å². The van der Waals surface area contributed by atoms with E-state index >= 15 is 0 Å². The zero-order chi connectivity index (χ0) is 21.7. The lowest BCUT2D eigenvalue weighted by molar-refractivity contribution is 0.219. The van der Waals surface area contributed by atoms with Crippen LogP contribution in [0.2, 0.25) is 0 Å². The Hall–Kier alpha value is -4.19. The zero-order valence-corrected chi connectivity index (χ0v) is 17.4. The van der Waals surface area contributed by atoms with E-state index in [9.17, 15) is 5.26 Å². The van der Waals surface area contributed by atoms with Gasteiger partial charge in [-0.25, -0.2) is 15.0 Å². The van der Waals surface area contributed by atoms with Crippen LogP contribution in [0.25, 0.3) is 22.6 Å². The largest absolute Gasteiger partial charge is 0.467 e. The molecule has 4 aromatic rings. The summed E-state index contributed by atoms with van der Waals surface area (Å²) in [6, 6.07) is 8.39. The number of benzene rings is 1. The van der Waals surface area contributed by atoms with Crippen LogP contribution >= 0.6 is 0 Å². The van der Waals surface area contributed by atoms with E-state index in [1.165, 1.54) is 0 Å². The molecule has 3 aromatic heterocycles. The molecule has 0 fully saturated rings. The summed E-state index contributed by atoms with van der Waals surface area (Å²) in [5, 5.41) is 14.4. The second kappa shape index (κ2) is 6.95. The zero-order valence-electron chi connectivity index (χ0n) is 17.4. The lowest BCUT2D eigenvalue weighted by Crippen LogP contribution is -2.12. The van der Waals surface area contributed by atoms with Crippen molar-refractivity contribution in [1.29, 1.82) is 5.26 Å². The summed E-state index contributed by atoms with van der Waals surface area (Å²) in [6.07, 6.45) is 4.86. The number of nitrogens with zero attached hydrogens (tertiary/aromatic N) is 7. The molecule has 5 rings (SSSR count). The van der Waals surface area contributed by atoms with Crippen molar-refractivity contribution in [3.8, 4) is 34.6 Å². The van der Waals surface area contributed by atoms with Gasteiger partial charge in [0.05, 0.1) is 29.7 Å². The first-order valence-corrected chi connectivity index (χ1v) is 9.84. The molecule has 31 heavy (non-hydrogen) atoms. The van der Waals surface area contributed by atoms with Gasteiger partial charge in [0, 0.05) is 30.6 Å². The van der Waals surface area contributed by atoms with Crippen LogP contribution in [0.5, 0.6) is 5.88 Å². The Bertz CT molecular complexity index is 1360. The minimum absolute atomic E-state index is 0.187. The molecular weight excluding hydrogens is 392 g/mol. The van der Waals surface area contributed by atoms with Crippen molar-refractivity contribution in [2.45, 2.75) is 26.5 Å². The van der Waals surface area contributed by atoms with Gasteiger partial charge in [0.15, 0.2) is 5.82 Å². The first-order valence-electron chi connectivity index (χ1n) is 9.84. The number of aromatic nitrogens is 6. The fourth-order valence-corrected chi connectivity index (χ4v) is 3.97. The molecule has 0 saturated carbocycles. The highest BCUT2D eigenvalue weighted by molar-refractivity contribution is 5.70. The molecule has 4 heterocycles. The van der Waals surface area contributed by atoms with Crippen LogP contribution in [-0.4, -0.2) is 29.3 Å². The molecule has 1 atom stereocenters. The lowest BCUT2D eigenvalue weighted by atomic mass is 9.99. The number of nitrogen functional groups attached to an aromatic ring is 1. The summed E-state index contributed by atoms with van der Waals surface area (Å²) in [5.41, 5.74) is 11.3. The SMILES string of the molecule is Cc1ccc2c(c1)C(C)Oc1nc(cnc1N)-c1c(nn(C)c1C#N)Cn1ccnc1-2. The van der Waals surface area contributed by atoms with E-state index < -0.39 is 0 Å². The van der Waals surface area contributed by atoms with Gasteiger partial charge in [-0.2, -0.15) is 10.4 Å². The monoisotopic (exact) mass is 412 g/mol. The van der Waals surface area contributed by atoms with Gasteiger partial charge in [0.2, 0.25) is 0 Å². The van der Waals surface area contributed by atoms with Gasteiger partial charge in [-0.3, -0.25) is 4.68 Å². The maximum Gasteiger partial charge on any atom is 0.258 e. The number of aryl methyl sites for hydroxylation is 2. The predicted octanol–water partition coefficient (Wildman–Crippen LogP) is 3.00. The fourth-order valence-electron chi connectivity index (χ4n) is 3.97. The van der Waals surface area contributed by atoms with Crippen LogP contribution in [0, 0.1) is 18.3 Å². The van der Waals surface area contributed by atoms with Crippen LogP contribution in [0.4, 0.5) is 5.82 Å². The smallest absolute Gasteiger partial charge is 0.258 e. The number of fused-ring (bicyclic) bond motifs is 7. The highest BCUT2D eigenvalue weighted by atomic mass is 16.5. The first kappa shape index (κ1) is 18.8. The van der Waals surface area contributed by atoms with Crippen LogP contribution in [-0.2, 0) is 13.6 Å². The van der Waals surface area contributed by atoms with E-state index in [0.717, 1.165) is 22.5 Å². The highest BCUT2D eigenvalue weighted by Crippen LogP contribution is 2.35. The summed E-state index contributed by atoms with van der Waals surface area (Å²) in [5.74, 6) is 1.20. The van der Waals surface area contributed by atoms with Gasteiger partial charge in [-0.05, 0) is 13.8 Å². The van der Waals surface area contributed by atoms with E-state index in [0.29, 0.717) is 29.2 Å². The Balaban J connectivity index is 1.83. The molecule has 154 valence electrons. The molecule has 0 spiro atoms. The van der Waals surface area contributed by atoms with Gasteiger partial charge in [-0.15, -0.1) is 0 Å². The van der Waals surface area contributed by atoms with Gasteiger partial charge in [0.25, 0.3) is 5.88 Å². The molecule has 2 N–H and O–H groups in total. The molecule has 1 aromatic carbocycles. The molecule has 0 saturated heterocycles. The van der Waals surface area contributed by atoms with E-state index in [4.69, 9.17) is 10.5 Å². The molecule has 0 radical (unpaired) electrons. The molecule has 1 unspecified atom stereocenters. The number of rotatable bonds is 0. The Labute approximate surface area is 178 Å². The average molecular weight is 412 g/mol. The second-order valence-corrected chi connectivity index (χ2v) is 7.58. The third-order valence-corrected chi connectivity index (χ3v) is 5.46. The highest BCUT2D eigenvalue weighted by Gasteiger charge is 2.25. The van der Waals surface area contributed by atoms with Crippen molar-refractivity contribution in [3.05, 3.63) is 59.3 Å². The molecule has 0 amide bonds. The minimum atomic E-state index is -0.352. The van der Waals surface area contributed by atoms with Crippen molar-refractivity contribution < 1.29 is 4.74 Å². The number of nitrogens with two attached hydrogens (primary N) is 1. The first-order chi connectivity index (χ1) is 15.0. The number of anilines is 1. The summed E-state index contributed by atoms with van der Waals surface area (Å²) in [6.45, 7) is 4.40. The Morgan fingerprint density at radius 2 is 2.13 bits per heavy atom. The normalized spacial score (nSPS) is 14.8. The van der Waals surface area contributed by atoms with Crippen molar-refractivity contribution >= 4 is 5.82 Å². The summed E-state index contributed by atoms with van der Waals surface area (Å²) >= 11 is 0. The predicted molar refractivity (Wildman–Crippen MR) is 114 cm³/mol. The van der Waals surface area contributed by atoms with Gasteiger partial charge in [0.1, 0.15) is 23.7 Å². The third-order valence-electron chi connectivity index (χ3n) is 5.46. The fraction of sp³-hybridized carbons (Fsp3) is 0.227. The van der Waals surface area contributed by atoms with E-state index in [1.54, 1.807) is 24.1 Å². The number of imidazole rings is 1. The van der Waals surface area contributed by atoms with Crippen LogP contribution in [0.1, 0.15) is 35.5 Å². The number of ether oxygens (including phenoxy) is 1. The van der Waals surface area contributed by atoms with E-state index in [1.807, 2.05) is 36.7 Å². The van der Waals surface area contributed by atoms with Crippen molar-refractivity contribution in [1.82, 2.24) is 29.3 Å². The Morgan fingerprint density at radius 1 is 1.29 bits per heavy atom. The van der Waals surface area contributed by atoms with Crippen LogP contribution < -0.4 is 10.5 Å². The van der Waals surface area contributed by atoms with Crippen LogP contribution in [0.15, 0.2) is 36.8 Å². The standard InChI is InChI=1S/C22H20N8O/c1-12-4-5-14-15(8-12)13(2)31-22-20(24)26-10-16(27-22)19-17(28-29(3)18(19)9-23)11-30-7-6-25-21(14)30/h4-8,10,13H,11H2,1-3H3,(H2,24,26). The molecule has 1 aliphatic rings. The quantitative estimate of drug-likeness (QED) is 0.471. The van der Waals surface area contributed by atoms with Crippen LogP contribution in [0.3, 0.4) is 0 Å². The summed E-state index contributed by atoms with van der Waals surface area (Å²) in [4.78, 5) is 13.5. The summed E-state index contributed by atoms with van der Waals surface area (Å²) < 4.78 is 9.75. The Kier molecular flexibility index (Phi) is 4.22. The average Bonchev–Trinajstić information content (AvgIpc) is 3.32. The third kappa shape index (κ3) is 3.00. The molecule has 0 aliphatic carbocycles. The minimum Gasteiger partial charge on any atom is -0.467 e. The number of hydrogen-bond donors (Lipinski definition) is 1. The molecule has 9 heteroatoms. The van der Waals surface area contributed by atoms with Crippen molar-refractivity contribution in [2.75, 3.05) is 5.73 Å². The summed E-state index contributed by atoms with van der Waals surface area (Å²) in [7, 11) is 1.74. The Morgan fingerprint density at radius 3 is 2.94 bits per heavy atom. The van der Waals surface area contributed by atoms with E-state index in [2.05, 4.69) is 32.2 Å². The molecule has 1 aliphatic heterocycles. The molecule has 2 bridgehead atoms.